The zero-order valence-corrected chi connectivity index (χ0v) is 11.3. The molecule has 7 nitrogen and oxygen atoms in total. The van der Waals surface area contributed by atoms with Gasteiger partial charge in [0.05, 0.1) is 6.04 Å². The van der Waals surface area contributed by atoms with Gasteiger partial charge in [0.25, 0.3) is 0 Å². The van der Waals surface area contributed by atoms with Crippen molar-refractivity contribution in [1.82, 2.24) is 16.0 Å². The third-order valence-corrected chi connectivity index (χ3v) is 1.96. The number of nitrogens with two attached hydrogens (primary N) is 1. The lowest BCUT2D eigenvalue weighted by Gasteiger charge is -2.20. The number of hydrogen-bond acceptors (Lipinski definition) is 4. The molecule has 104 valence electrons. The lowest BCUT2D eigenvalue weighted by atomic mass is 10.1. The Morgan fingerprint density at radius 2 is 1.78 bits per heavy atom. The summed E-state index contributed by atoms with van der Waals surface area (Å²) < 4.78 is 0. The minimum Gasteiger partial charge on any atom is -0.351 e. The lowest BCUT2D eigenvalue weighted by Crippen LogP contribution is -2.47. The number of imide groups is 1. The Hall–Kier alpha value is -1.63. The Morgan fingerprint density at radius 3 is 2.22 bits per heavy atom. The predicted molar refractivity (Wildman–Crippen MR) is 67.7 cm³/mol. The molecule has 0 aromatic carbocycles. The van der Waals surface area contributed by atoms with Gasteiger partial charge in [0.15, 0.2) is 0 Å². The van der Waals surface area contributed by atoms with Crippen molar-refractivity contribution in [2.75, 3.05) is 6.54 Å². The first-order valence-electron chi connectivity index (χ1n) is 5.76. The molecule has 0 aromatic heterocycles. The predicted octanol–water partition coefficient (Wildman–Crippen LogP) is -0.536. The molecule has 0 aliphatic heterocycles. The smallest absolute Gasteiger partial charge is 0.318 e. The standard InChI is InChI=1S/C11H22N4O3/c1-7(9(17)14-10(12)18)13-6-5-8(16)15-11(2,3)4/h7,13H,5-6H2,1-4H3,(H,15,16)(H3,12,14,17,18). The van der Waals surface area contributed by atoms with Crippen molar-refractivity contribution in [2.24, 2.45) is 5.73 Å². The van der Waals surface area contributed by atoms with E-state index in [-0.39, 0.29) is 17.9 Å². The maximum absolute atomic E-state index is 11.5. The molecule has 0 bridgehead atoms. The summed E-state index contributed by atoms with van der Waals surface area (Å²) in [6.07, 6.45) is 0.255. The van der Waals surface area contributed by atoms with Gasteiger partial charge in [-0.2, -0.15) is 0 Å². The van der Waals surface area contributed by atoms with Gasteiger partial charge in [-0.1, -0.05) is 0 Å². The van der Waals surface area contributed by atoms with Crippen LogP contribution < -0.4 is 21.7 Å². The first kappa shape index (κ1) is 16.4. The van der Waals surface area contributed by atoms with E-state index in [1.165, 1.54) is 0 Å². The monoisotopic (exact) mass is 258 g/mol. The summed E-state index contributed by atoms with van der Waals surface area (Å²) in [5.41, 5.74) is 4.54. The minimum absolute atomic E-state index is 0.0995. The fourth-order valence-corrected chi connectivity index (χ4v) is 1.21. The molecule has 1 atom stereocenters. The number of carbonyl (C=O) groups excluding carboxylic acids is 3. The maximum Gasteiger partial charge on any atom is 0.318 e. The van der Waals surface area contributed by atoms with E-state index in [1.54, 1.807) is 6.92 Å². The Bertz CT molecular complexity index is 323. The highest BCUT2D eigenvalue weighted by Crippen LogP contribution is 1.98. The SMILES string of the molecule is CC(NCCC(=O)NC(C)(C)C)C(=O)NC(N)=O. The maximum atomic E-state index is 11.5. The van der Waals surface area contributed by atoms with Crippen molar-refractivity contribution in [2.45, 2.75) is 45.7 Å². The number of rotatable bonds is 5. The average molecular weight is 258 g/mol. The highest BCUT2D eigenvalue weighted by Gasteiger charge is 2.16. The molecule has 0 rings (SSSR count). The van der Waals surface area contributed by atoms with E-state index in [9.17, 15) is 14.4 Å². The zero-order valence-electron chi connectivity index (χ0n) is 11.3. The van der Waals surface area contributed by atoms with Gasteiger partial charge in [-0.3, -0.25) is 14.9 Å². The number of nitrogens with one attached hydrogen (secondary N) is 3. The van der Waals surface area contributed by atoms with E-state index in [0.29, 0.717) is 6.54 Å². The van der Waals surface area contributed by atoms with Crippen molar-refractivity contribution in [1.29, 1.82) is 0 Å². The number of carbonyl (C=O) groups is 3. The van der Waals surface area contributed by atoms with E-state index in [2.05, 4.69) is 10.6 Å². The van der Waals surface area contributed by atoms with Crippen LogP contribution >= 0.6 is 0 Å². The van der Waals surface area contributed by atoms with Crippen LogP contribution in [0.5, 0.6) is 0 Å². The Morgan fingerprint density at radius 1 is 1.22 bits per heavy atom. The van der Waals surface area contributed by atoms with Crippen LogP contribution in [-0.2, 0) is 9.59 Å². The summed E-state index contributed by atoms with van der Waals surface area (Å²) in [4.78, 5) is 33.2. The third-order valence-electron chi connectivity index (χ3n) is 1.96. The summed E-state index contributed by atoms with van der Waals surface area (Å²) in [5.74, 6) is -0.615. The fraction of sp³-hybridized carbons (Fsp3) is 0.727. The van der Waals surface area contributed by atoms with Crippen LogP contribution in [0, 0.1) is 0 Å². The summed E-state index contributed by atoms with van der Waals surface area (Å²) in [6.45, 7) is 7.60. The molecule has 0 aliphatic rings. The Balaban J connectivity index is 3.87. The third kappa shape index (κ3) is 8.51. The molecule has 0 aromatic rings. The molecule has 0 fully saturated rings. The molecule has 5 N–H and O–H groups in total. The van der Waals surface area contributed by atoms with E-state index >= 15 is 0 Å². The lowest BCUT2D eigenvalue weighted by molar-refractivity contribution is -0.124. The second-order valence-corrected chi connectivity index (χ2v) is 5.08. The second kappa shape index (κ2) is 6.95. The van der Waals surface area contributed by atoms with E-state index < -0.39 is 18.0 Å². The van der Waals surface area contributed by atoms with Crippen molar-refractivity contribution >= 4 is 17.8 Å². The first-order chi connectivity index (χ1) is 8.11. The molecule has 18 heavy (non-hydrogen) atoms. The molecular formula is C11H22N4O3. The van der Waals surface area contributed by atoms with E-state index in [4.69, 9.17) is 5.73 Å². The summed E-state index contributed by atoms with van der Waals surface area (Å²) in [5, 5.41) is 7.58. The van der Waals surface area contributed by atoms with Gasteiger partial charge < -0.3 is 16.4 Å². The van der Waals surface area contributed by atoms with Crippen LogP contribution in [0.4, 0.5) is 4.79 Å². The van der Waals surface area contributed by atoms with Crippen molar-refractivity contribution in [3.63, 3.8) is 0 Å². The van der Waals surface area contributed by atoms with Crippen molar-refractivity contribution in [3.8, 4) is 0 Å². The highest BCUT2D eigenvalue weighted by molar-refractivity contribution is 5.96. The van der Waals surface area contributed by atoms with E-state index in [0.717, 1.165) is 0 Å². The molecule has 0 aliphatic carbocycles. The number of amides is 4. The van der Waals surface area contributed by atoms with Crippen LogP contribution in [0.3, 0.4) is 0 Å². The van der Waals surface area contributed by atoms with Crippen molar-refractivity contribution < 1.29 is 14.4 Å². The molecule has 4 amide bonds. The van der Waals surface area contributed by atoms with Crippen LogP contribution in [0.25, 0.3) is 0 Å². The minimum atomic E-state index is -0.890. The van der Waals surface area contributed by atoms with Gasteiger partial charge in [0, 0.05) is 18.5 Å². The van der Waals surface area contributed by atoms with Gasteiger partial charge in [-0.25, -0.2) is 4.79 Å². The van der Waals surface area contributed by atoms with E-state index in [1.807, 2.05) is 26.1 Å². The average Bonchev–Trinajstić information content (AvgIpc) is 2.13. The van der Waals surface area contributed by atoms with Gasteiger partial charge in [0.2, 0.25) is 11.8 Å². The molecule has 0 radical (unpaired) electrons. The van der Waals surface area contributed by atoms with Gasteiger partial charge in [0.1, 0.15) is 0 Å². The summed E-state index contributed by atoms with van der Waals surface area (Å²) in [7, 11) is 0. The summed E-state index contributed by atoms with van der Waals surface area (Å²) in [6, 6.07) is -1.47. The molecule has 7 heteroatoms. The first-order valence-corrected chi connectivity index (χ1v) is 5.76. The fourth-order valence-electron chi connectivity index (χ4n) is 1.21. The van der Waals surface area contributed by atoms with Crippen LogP contribution in [0.1, 0.15) is 34.1 Å². The summed E-state index contributed by atoms with van der Waals surface area (Å²) >= 11 is 0. The largest absolute Gasteiger partial charge is 0.351 e. The van der Waals surface area contributed by atoms with Gasteiger partial charge >= 0.3 is 6.03 Å². The molecule has 1 unspecified atom stereocenters. The van der Waals surface area contributed by atoms with Gasteiger partial charge in [-0.15, -0.1) is 0 Å². The molecular weight excluding hydrogens is 236 g/mol. The molecule has 0 saturated heterocycles. The number of primary amides is 1. The Kier molecular flexibility index (Phi) is 6.32. The van der Waals surface area contributed by atoms with Gasteiger partial charge in [-0.05, 0) is 27.7 Å². The van der Waals surface area contributed by atoms with Crippen LogP contribution in [-0.4, -0.2) is 36.0 Å². The highest BCUT2D eigenvalue weighted by atomic mass is 16.2. The number of urea groups is 1. The molecule has 0 saturated carbocycles. The van der Waals surface area contributed by atoms with Crippen LogP contribution in [0.15, 0.2) is 0 Å². The topological polar surface area (TPSA) is 113 Å². The Labute approximate surface area is 107 Å². The second-order valence-electron chi connectivity index (χ2n) is 5.08. The molecule has 0 spiro atoms. The van der Waals surface area contributed by atoms with Crippen LogP contribution in [0.2, 0.25) is 0 Å². The zero-order chi connectivity index (χ0) is 14.3. The quantitative estimate of drug-likeness (QED) is 0.530. The van der Waals surface area contributed by atoms with Crippen molar-refractivity contribution in [3.05, 3.63) is 0 Å². The normalized spacial score (nSPS) is 12.7. The number of hydrogen-bond donors (Lipinski definition) is 4. The molecule has 0 heterocycles.